The van der Waals surface area contributed by atoms with Gasteiger partial charge >= 0.3 is 6.03 Å². The number of hydrogen-bond donors (Lipinski definition) is 1. The molecule has 2 amide bonds. The van der Waals surface area contributed by atoms with Crippen LogP contribution in [0.3, 0.4) is 0 Å². The highest BCUT2D eigenvalue weighted by Gasteiger charge is 2.34. The Labute approximate surface area is 163 Å². The van der Waals surface area contributed by atoms with E-state index in [-0.39, 0.29) is 23.4 Å². The quantitative estimate of drug-likeness (QED) is 0.657. The number of halogens is 1. The van der Waals surface area contributed by atoms with Gasteiger partial charge in [-0.2, -0.15) is 0 Å². The third kappa shape index (κ3) is 3.59. The molecule has 0 radical (unpaired) electrons. The number of nitrogens with one attached hydrogen (secondary N) is 1. The zero-order chi connectivity index (χ0) is 19.9. The molecule has 0 bridgehead atoms. The largest absolute Gasteiger partial charge is 0.438 e. The second-order valence-electron chi connectivity index (χ2n) is 8.25. The summed E-state index contributed by atoms with van der Waals surface area (Å²) >= 11 is 0. The van der Waals surface area contributed by atoms with Gasteiger partial charge in [-0.25, -0.2) is 14.2 Å². The van der Waals surface area contributed by atoms with E-state index in [4.69, 9.17) is 4.42 Å². The predicted octanol–water partition coefficient (Wildman–Crippen LogP) is 5.28. The van der Waals surface area contributed by atoms with Crippen molar-refractivity contribution in [3.63, 3.8) is 0 Å². The van der Waals surface area contributed by atoms with Crippen LogP contribution in [0, 0.1) is 5.82 Å². The number of aromatic nitrogens is 1. The number of hydrogen-bond acceptors (Lipinski definition) is 3. The fourth-order valence-electron chi connectivity index (χ4n) is 3.61. The van der Waals surface area contributed by atoms with Crippen LogP contribution in [0.25, 0.3) is 22.2 Å². The molecule has 2 aromatic carbocycles. The van der Waals surface area contributed by atoms with E-state index in [1.807, 2.05) is 39.0 Å². The number of rotatable bonds is 2. The van der Waals surface area contributed by atoms with Crippen molar-refractivity contribution in [2.24, 2.45) is 0 Å². The molecule has 1 N–H and O–H groups in total. The summed E-state index contributed by atoms with van der Waals surface area (Å²) in [7, 11) is 0. The summed E-state index contributed by atoms with van der Waals surface area (Å²) in [5.74, 6) is 0.258. The highest BCUT2D eigenvalue weighted by Crippen LogP contribution is 2.34. The van der Waals surface area contributed by atoms with E-state index in [1.54, 1.807) is 23.1 Å². The third-order valence-electron chi connectivity index (χ3n) is 4.87. The summed E-state index contributed by atoms with van der Waals surface area (Å²) in [6.07, 6.45) is 1.71. The second-order valence-corrected chi connectivity index (χ2v) is 8.25. The average Bonchev–Trinajstić information content (AvgIpc) is 3.26. The molecule has 1 fully saturated rings. The van der Waals surface area contributed by atoms with Gasteiger partial charge in [-0.05, 0) is 57.4 Å². The summed E-state index contributed by atoms with van der Waals surface area (Å²) in [6.45, 7) is 6.55. The molecule has 0 aliphatic carbocycles. The lowest BCUT2D eigenvalue weighted by molar-refractivity contribution is 0.176. The number of oxazole rings is 1. The molecule has 5 nitrogen and oxygen atoms in total. The molecule has 4 rings (SSSR count). The normalized spacial score (nSPS) is 17.3. The highest BCUT2D eigenvalue weighted by molar-refractivity contribution is 5.81. The Morgan fingerprint density at radius 1 is 1.25 bits per heavy atom. The Bertz CT molecular complexity index is 1020. The lowest BCUT2D eigenvalue weighted by atomic mass is 10.0. The summed E-state index contributed by atoms with van der Waals surface area (Å²) in [5.41, 5.74) is 2.28. The minimum absolute atomic E-state index is 0.107. The van der Waals surface area contributed by atoms with Crippen LogP contribution in [0.1, 0.15) is 45.5 Å². The van der Waals surface area contributed by atoms with Crippen LogP contribution >= 0.6 is 0 Å². The summed E-state index contributed by atoms with van der Waals surface area (Å²) in [4.78, 5) is 19.1. The first-order valence-corrected chi connectivity index (χ1v) is 9.56. The maximum atomic E-state index is 14.1. The predicted molar refractivity (Wildman–Crippen MR) is 106 cm³/mol. The first-order chi connectivity index (χ1) is 13.3. The monoisotopic (exact) mass is 381 g/mol. The highest BCUT2D eigenvalue weighted by atomic mass is 19.1. The van der Waals surface area contributed by atoms with Gasteiger partial charge in [0, 0.05) is 17.6 Å². The molecule has 1 aliphatic heterocycles. The van der Waals surface area contributed by atoms with Crippen molar-refractivity contribution < 1.29 is 13.6 Å². The molecule has 2 heterocycles. The number of carbonyl (C=O) groups is 1. The van der Waals surface area contributed by atoms with Gasteiger partial charge in [0.25, 0.3) is 0 Å². The average molecular weight is 381 g/mol. The van der Waals surface area contributed by atoms with Gasteiger partial charge in [-0.15, -0.1) is 0 Å². The van der Waals surface area contributed by atoms with Gasteiger partial charge in [0.05, 0.1) is 0 Å². The molecule has 6 heteroatoms. The smallest absolute Gasteiger partial charge is 0.318 e. The standard InChI is InChI=1S/C22H24FN3O2/c1-22(2,3)25-21(27)26-12-6-9-18(26)20-24-17-13-14(10-11-19(17)28-20)15-7-4-5-8-16(15)23/h4-5,7-8,10-11,13,18H,6,9,12H2,1-3H3,(H,25,27)/t18-/m0/s1. The van der Waals surface area contributed by atoms with Crippen LogP contribution in [0.5, 0.6) is 0 Å². The number of urea groups is 1. The Kier molecular flexibility index (Phi) is 4.57. The van der Waals surface area contributed by atoms with Crippen LogP contribution in [0.15, 0.2) is 46.9 Å². The Morgan fingerprint density at radius 3 is 2.79 bits per heavy atom. The molecule has 1 atom stereocenters. The molecule has 1 aliphatic rings. The van der Waals surface area contributed by atoms with Crippen LogP contribution in [0.2, 0.25) is 0 Å². The second kappa shape index (κ2) is 6.93. The first kappa shape index (κ1) is 18.5. The molecule has 28 heavy (non-hydrogen) atoms. The number of benzene rings is 2. The fraction of sp³-hybridized carbons (Fsp3) is 0.364. The molecule has 1 aromatic heterocycles. The Morgan fingerprint density at radius 2 is 2.04 bits per heavy atom. The number of fused-ring (bicyclic) bond motifs is 1. The van der Waals surface area contributed by atoms with Crippen molar-refractivity contribution in [1.82, 2.24) is 15.2 Å². The molecular formula is C22H24FN3O2. The molecule has 0 saturated carbocycles. The van der Waals surface area contributed by atoms with E-state index in [0.717, 1.165) is 18.4 Å². The molecule has 3 aromatic rings. The van der Waals surface area contributed by atoms with Crippen LogP contribution in [-0.4, -0.2) is 28.0 Å². The third-order valence-corrected chi connectivity index (χ3v) is 4.87. The zero-order valence-electron chi connectivity index (χ0n) is 16.3. The lowest BCUT2D eigenvalue weighted by Crippen LogP contribution is -2.48. The van der Waals surface area contributed by atoms with Gasteiger partial charge < -0.3 is 14.6 Å². The van der Waals surface area contributed by atoms with Crippen molar-refractivity contribution in [2.45, 2.75) is 45.2 Å². The minimum atomic E-state index is -0.305. The van der Waals surface area contributed by atoms with E-state index >= 15 is 0 Å². The van der Waals surface area contributed by atoms with Crippen LogP contribution in [-0.2, 0) is 0 Å². The summed E-state index contributed by atoms with van der Waals surface area (Å²) in [6, 6.07) is 11.8. The maximum absolute atomic E-state index is 14.1. The zero-order valence-corrected chi connectivity index (χ0v) is 16.3. The Hall–Kier alpha value is -2.89. The van der Waals surface area contributed by atoms with Crippen molar-refractivity contribution in [3.8, 4) is 11.1 Å². The fourth-order valence-corrected chi connectivity index (χ4v) is 3.61. The lowest BCUT2D eigenvalue weighted by Gasteiger charge is -2.28. The van der Waals surface area contributed by atoms with E-state index < -0.39 is 0 Å². The Balaban J connectivity index is 1.64. The van der Waals surface area contributed by atoms with E-state index in [0.29, 0.717) is 29.1 Å². The SMILES string of the molecule is CC(C)(C)NC(=O)N1CCC[C@H]1c1nc2cc(-c3ccccc3F)ccc2o1. The van der Waals surface area contributed by atoms with Crippen LogP contribution < -0.4 is 5.32 Å². The summed E-state index contributed by atoms with van der Waals surface area (Å²) in [5, 5.41) is 3.01. The topological polar surface area (TPSA) is 58.4 Å². The van der Waals surface area contributed by atoms with Crippen molar-refractivity contribution in [1.29, 1.82) is 0 Å². The molecule has 0 unspecified atom stereocenters. The van der Waals surface area contributed by atoms with Crippen LogP contribution in [0.4, 0.5) is 9.18 Å². The molecule has 1 saturated heterocycles. The summed E-state index contributed by atoms with van der Waals surface area (Å²) < 4.78 is 20.1. The first-order valence-electron chi connectivity index (χ1n) is 9.56. The van der Waals surface area contributed by atoms with Gasteiger partial charge in [0.2, 0.25) is 5.89 Å². The van der Waals surface area contributed by atoms with E-state index in [1.165, 1.54) is 6.07 Å². The van der Waals surface area contributed by atoms with Gasteiger partial charge in [0.1, 0.15) is 17.4 Å². The van der Waals surface area contributed by atoms with E-state index in [9.17, 15) is 9.18 Å². The molecular weight excluding hydrogens is 357 g/mol. The molecule has 146 valence electrons. The van der Waals surface area contributed by atoms with Gasteiger partial charge in [-0.3, -0.25) is 0 Å². The number of amides is 2. The number of carbonyl (C=O) groups excluding carboxylic acids is 1. The number of nitrogens with zero attached hydrogens (tertiary/aromatic N) is 2. The van der Waals surface area contributed by atoms with Crippen molar-refractivity contribution >= 4 is 17.1 Å². The van der Waals surface area contributed by atoms with Crippen molar-refractivity contribution in [3.05, 3.63) is 54.2 Å². The van der Waals surface area contributed by atoms with Crippen molar-refractivity contribution in [2.75, 3.05) is 6.54 Å². The molecule has 0 spiro atoms. The minimum Gasteiger partial charge on any atom is -0.438 e. The van der Waals surface area contributed by atoms with Gasteiger partial charge in [0.15, 0.2) is 5.58 Å². The van der Waals surface area contributed by atoms with E-state index in [2.05, 4.69) is 10.3 Å². The maximum Gasteiger partial charge on any atom is 0.318 e. The van der Waals surface area contributed by atoms with Gasteiger partial charge in [-0.1, -0.05) is 24.3 Å². The number of likely N-dealkylation sites (tertiary alicyclic amines) is 1.